The van der Waals surface area contributed by atoms with Crippen molar-refractivity contribution in [2.45, 2.75) is 31.6 Å². The standard InChI is InChI=1S/C15H16FN3O/c16-12-7-2-1-4-11(12)8-15(20)17-14-9-13(18-19-14)10-5-3-6-10/h1-2,4,7,9-10H,3,5-6,8H2,(H2,17,18,19,20). The summed E-state index contributed by atoms with van der Waals surface area (Å²) in [6.07, 6.45) is 3.60. The number of hydrogen-bond acceptors (Lipinski definition) is 2. The number of carbonyl (C=O) groups is 1. The number of halogens is 1. The molecule has 1 aromatic carbocycles. The Balaban J connectivity index is 1.61. The molecule has 3 rings (SSSR count). The number of nitrogens with one attached hydrogen (secondary N) is 2. The van der Waals surface area contributed by atoms with Crippen LogP contribution in [-0.2, 0) is 11.2 Å². The predicted molar refractivity (Wildman–Crippen MR) is 73.9 cm³/mol. The molecule has 4 nitrogen and oxygen atoms in total. The maximum absolute atomic E-state index is 13.5. The number of aromatic amines is 1. The van der Waals surface area contributed by atoms with Crippen LogP contribution >= 0.6 is 0 Å². The third kappa shape index (κ3) is 2.71. The van der Waals surface area contributed by atoms with Gasteiger partial charge in [-0.3, -0.25) is 9.89 Å². The first-order valence-electron chi connectivity index (χ1n) is 6.81. The maximum Gasteiger partial charge on any atom is 0.230 e. The highest BCUT2D eigenvalue weighted by atomic mass is 19.1. The number of H-pyrrole nitrogens is 1. The molecule has 5 heteroatoms. The van der Waals surface area contributed by atoms with Crippen molar-refractivity contribution in [3.8, 4) is 0 Å². The molecule has 1 saturated carbocycles. The van der Waals surface area contributed by atoms with Gasteiger partial charge in [0.25, 0.3) is 0 Å². The van der Waals surface area contributed by atoms with Gasteiger partial charge in [0.2, 0.25) is 5.91 Å². The van der Waals surface area contributed by atoms with Gasteiger partial charge >= 0.3 is 0 Å². The lowest BCUT2D eigenvalue weighted by atomic mass is 9.83. The zero-order valence-electron chi connectivity index (χ0n) is 11.0. The molecule has 0 aliphatic heterocycles. The van der Waals surface area contributed by atoms with Gasteiger partial charge in [0.1, 0.15) is 5.82 Å². The lowest BCUT2D eigenvalue weighted by molar-refractivity contribution is -0.115. The van der Waals surface area contributed by atoms with Crippen molar-refractivity contribution in [3.63, 3.8) is 0 Å². The molecule has 1 aliphatic rings. The number of benzene rings is 1. The second-order valence-corrected chi connectivity index (χ2v) is 5.15. The van der Waals surface area contributed by atoms with Crippen molar-refractivity contribution in [2.24, 2.45) is 0 Å². The summed E-state index contributed by atoms with van der Waals surface area (Å²) in [6, 6.07) is 8.15. The Morgan fingerprint density at radius 1 is 1.40 bits per heavy atom. The van der Waals surface area contributed by atoms with Gasteiger partial charge in [-0.15, -0.1) is 0 Å². The Labute approximate surface area is 116 Å². The number of anilines is 1. The van der Waals surface area contributed by atoms with Crippen LogP contribution in [0, 0.1) is 5.82 Å². The van der Waals surface area contributed by atoms with Crippen LogP contribution in [0.3, 0.4) is 0 Å². The van der Waals surface area contributed by atoms with E-state index in [1.54, 1.807) is 18.2 Å². The molecule has 20 heavy (non-hydrogen) atoms. The maximum atomic E-state index is 13.5. The summed E-state index contributed by atoms with van der Waals surface area (Å²) < 4.78 is 13.5. The molecule has 0 bridgehead atoms. The molecule has 1 aliphatic carbocycles. The molecular formula is C15H16FN3O. The Bertz CT molecular complexity index is 619. The van der Waals surface area contributed by atoms with Crippen molar-refractivity contribution in [3.05, 3.63) is 47.4 Å². The average molecular weight is 273 g/mol. The Hall–Kier alpha value is -2.17. The summed E-state index contributed by atoms with van der Waals surface area (Å²) in [7, 11) is 0. The lowest BCUT2D eigenvalue weighted by Gasteiger charge is -2.23. The largest absolute Gasteiger partial charge is 0.309 e. The van der Waals surface area contributed by atoms with E-state index in [2.05, 4.69) is 15.5 Å². The molecule has 1 fully saturated rings. The van der Waals surface area contributed by atoms with E-state index in [-0.39, 0.29) is 18.1 Å². The summed E-state index contributed by atoms with van der Waals surface area (Å²) in [5, 5.41) is 9.72. The van der Waals surface area contributed by atoms with E-state index in [1.807, 2.05) is 6.07 Å². The topological polar surface area (TPSA) is 57.8 Å². The Morgan fingerprint density at radius 2 is 2.20 bits per heavy atom. The van der Waals surface area contributed by atoms with E-state index >= 15 is 0 Å². The average Bonchev–Trinajstić information content (AvgIpc) is 2.78. The van der Waals surface area contributed by atoms with Crippen LogP contribution in [0.2, 0.25) is 0 Å². The fraction of sp³-hybridized carbons (Fsp3) is 0.333. The highest BCUT2D eigenvalue weighted by Crippen LogP contribution is 2.35. The molecule has 104 valence electrons. The quantitative estimate of drug-likeness (QED) is 0.899. The number of nitrogens with zero attached hydrogens (tertiary/aromatic N) is 1. The molecular weight excluding hydrogens is 257 g/mol. The van der Waals surface area contributed by atoms with Crippen LogP contribution in [0.25, 0.3) is 0 Å². The van der Waals surface area contributed by atoms with Crippen LogP contribution in [-0.4, -0.2) is 16.1 Å². The lowest BCUT2D eigenvalue weighted by Crippen LogP contribution is -2.15. The van der Waals surface area contributed by atoms with Crippen molar-refractivity contribution >= 4 is 11.7 Å². The third-order valence-corrected chi connectivity index (χ3v) is 3.72. The van der Waals surface area contributed by atoms with Gasteiger partial charge in [0.05, 0.1) is 6.42 Å². The number of aromatic nitrogens is 2. The summed E-state index contributed by atoms with van der Waals surface area (Å²) in [5.41, 5.74) is 1.46. The van der Waals surface area contributed by atoms with Crippen LogP contribution in [0.4, 0.5) is 10.2 Å². The minimum Gasteiger partial charge on any atom is -0.309 e. The zero-order valence-corrected chi connectivity index (χ0v) is 11.0. The van der Waals surface area contributed by atoms with Crippen LogP contribution in [0.5, 0.6) is 0 Å². The molecule has 0 unspecified atom stereocenters. The smallest absolute Gasteiger partial charge is 0.230 e. The normalized spacial score (nSPS) is 14.8. The molecule has 0 atom stereocenters. The third-order valence-electron chi connectivity index (χ3n) is 3.72. The van der Waals surface area contributed by atoms with E-state index in [9.17, 15) is 9.18 Å². The van der Waals surface area contributed by atoms with Gasteiger partial charge in [-0.05, 0) is 24.5 Å². The minimum absolute atomic E-state index is 0.0122. The van der Waals surface area contributed by atoms with E-state index in [0.717, 1.165) is 5.69 Å². The van der Waals surface area contributed by atoms with Crippen molar-refractivity contribution in [2.75, 3.05) is 5.32 Å². The van der Waals surface area contributed by atoms with Crippen LogP contribution in [0.15, 0.2) is 30.3 Å². The van der Waals surface area contributed by atoms with Crippen LogP contribution in [0.1, 0.15) is 36.4 Å². The van der Waals surface area contributed by atoms with Crippen molar-refractivity contribution in [1.82, 2.24) is 10.2 Å². The molecule has 1 amide bonds. The highest BCUT2D eigenvalue weighted by molar-refractivity contribution is 5.91. The monoisotopic (exact) mass is 273 g/mol. The summed E-state index contributed by atoms with van der Waals surface area (Å²) in [4.78, 5) is 11.9. The molecule has 2 N–H and O–H groups in total. The van der Waals surface area contributed by atoms with Gasteiger partial charge in [0, 0.05) is 17.7 Å². The Kier molecular flexibility index (Phi) is 3.50. The zero-order chi connectivity index (χ0) is 13.9. The van der Waals surface area contributed by atoms with E-state index < -0.39 is 0 Å². The van der Waals surface area contributed by atoms with E-state index in [0.29, 0.717) is 17.3 Å². The van der Waals surface area contributed by atoms with Gasteiger partial charge < -0.3 is 5.32 Å². The fourth-order valence-corrected chi connectivity index (χ4v) is 2.33. The van der Waals surface area contributed by atoms with Crippen molar-refractivity contribution < 1.29 is 9.18 Å². The first-order valence-corrected chi connectivity index (χ1v) is 6.81. The molecule has 1 heterocycles. The number of amides is 1. The SMILES string of the molecule is O=C(Cc1ccccc1F)Nc1cc(C2CCC2)[nH]n1. The van der Waals surface area contributed by atoms with Gasteiger partial charge in [-0.2, -0.15) is 5.10 Å². The second-order valence-electron chi connectivity index (χ2n) is 5.15. The van der Waals surface area contributed by atoms with Gasteiger partial charge in [-0.1, -0.05) is 24.6 Å². The van der Waals surface area contributed by atoms with E-state index in [4.69, 9.17) is 0 Å². The highest BCUT2D eigenvalue weighted by Gasteiger charge is 2.21. The van der Waals surface area contributed by atoms with Crippen LogP contribution < -0.4 is 5.32 Å². The second kappa shape index (κ2) is 5.45. The first-order chi connectivity index (χ1) is 9.72. The number of rotatable bonds is 4. The fourth-order valence-electron chi connectivity index (χ4n) is 2.33. The van der Waals surface area contributed by atoms with Gasteiger partial charge in [0.15, 0.2) is 5.82 Å². The summed E-state index contributed by atoms with van der Waals surface area (Å²) in [5.74, 6) is 0.426. The van der Waals surface area contributed by atoms with Gasteiger partial charge in [-0.25, -0.2) is 4.39 Å². The molecule has 0 radical (unpaired) electrons. The summed E-state index contributed by atoms with van der Waals surface area (Å²) in [6.45, 7) is 0. The predicted octanol–water partition coefficient (Wildman–Crippen LogP) is 3.00. The molecule has 2 aromatic rings. The molecule has 1 aromatic heterocycles. The first kappa shape index (κ1) is 12.8. The molecule has 0 spiro atoms. The summed E-state index contributed by atoms with van der Waals surface area (Å²) >= 11 is 0. The number of hydrogen-bond donors (Lipinski definition) is 2. The van der Waals surface area contributed by atoms with E-state index in [1.165, 1.54) is 25.3 Å². The Morgan fingerprint density at radius 3 is 2.90 bits per heavy atom. The number of carbonyl (C=O) groups excluding carboxylic acids is 1. The van der Waals surface area contributed by atoms with Crippen molar-refractivity contribution in [1.29, 1.82) is 0 Å². The minimum atomic E-state index is -0.361. The molecule has 0 saturated heterocycles.